The summed E-state index contributed by atoms with van der Waals surface area (Å²) in [5.41, 5.74) is 1.23. The Labute approximate surface area is 142 Å². The SMILES string of the molecule is COc1cc(C=O)cc(C(C)CSc2ccc(Br)cc2)c1O. The lowest BCUT2D eigenvalue weighted by Gasteiger charge is -2.16. The molecule has 2 aromatic carbocycles. The molecule has 5 heteroatoms. The van der Waals surface area contributed by atoms with Gasteiger partial charge < -0.3 is 9.84 Å². The van der Waals surface area contributed by atoms with Gasteiger partial charge in [-0.1, -0.05) is 22.9 Å². The molecule has 0 fully saturated rings. The molecule has 0 saturated carbocycles. The molecule has 0 heterocycles. The van der Waals surface area contributed by atoms with Gasteiger partial charge in [0.05, 0.1) is 7.11 Å². The molecule has 0 aliphatic heterocycles. The number of ether oxygens (including phenoxy) is 1. The number of phenols is 1. The predicted molar refractivity (Wildman–Crippen MR) is 93.3 cm³/mol. The zero-order valence-corrected chi connectivity index (χ0v) is 14.8. The number of aldehydes is 1. The smallest absolute Gasteiger partial charge is 0.161 e. The maximum Gasteiger partial charge on any atom is 0.161 e. The molecule has 1 atom stereocenters. The molecule has 0 radical (unpaired) electrons. The second kappa shape index (κ2) is 7.70. The minimum Gasteiger partial charge on any atom is -0.504 e. The summed E-state index contributed by atoms with van der Waals surface area (Å²) in [5, 5.41) is 10.3. The molecular formula is C17H17BrO3S. The third-order valence-electron chi connectivity index (χ3n) is 3.33. The molecule has 0 saturated heterocycles. The third-order valence-corrected chi connectivity index (χ3v) is 5.13. The second-order valence-electron chi connectivity index (χ2n) is 4.94. The summed E-state index contributed by atoms with van der Waals surface area (Å²) in [7, 11) is 1.48. The van der Waals surface area contributed by atoms with E-state index in [1.807, 2.05) is 31.2 Å². The van der Waals surface area contributed by atoms with E-state index in [1.165, 1.54) is 7.11 Å². The Hall–Kier alpha value is -1.46. The van der Waals surface area contributed by atoms with Crippen LogP contribution < -0.4 is 4.74 Å². The molecule has 22 heavy (non-hydrogen) atoms. The fourth-order valence-corrected chi connectivity index (χ4v) is 3.31. The quantitative estimate of drug-likeness (QED) is 0.573. The zero-order chi connectivity index (χ0) is 16.1. The maximum atomic E-state index is 11.0. The van der Waals surface area contributed by atoms with E-state index in [4.69, 9.17) is 4.74 Å². The lowest BCUT2D eigenvalue weighted by molar-refractivity contribution is 0.112. The van der Waals surface area contributed by atoms with Crippen molar-refractivity contribution < 1.29 is 14.6 Å². The van der Waals surface area contributed by atoms with Crippen molar-refractivity contribution in [3.05, 3.63) is 52.0 Å². The lowest BCUT2D eigenvalue weighted by Crippen LogP contribution is -2.00. The average molecular weight is 381 g/mol. The second-order valence-corrected chi connectivity index (χ2v) is 6.95. The number of thioether (sulfide) groups is 1. The van der Waals surface area contributed by atoms with Crippen LogP contribution in [-0.2, 0) is 0 Å². The topological polar surface area (TPSA) is 46.5 Å². The molecule has 1 unspecified atom stereocenters. The summed E-state index contributed by atoms with van der Waals surface area (Å²) in [5.74, 6) is 1.32. The van der Waals surface area contributed by atoms with Gasteiger partial charge in [-0.3, -0.25) is 4.79 Å². The number of rotatable bonds is 6. The summed E-state index contributed by atoms with van der Waals surface area (Å²) in [6, 6.07) is 11.4. The molecule has 0 aliphatic rings. The number of halogens is 1. The maximum absolute atomic E-state index is 11.0. The normalized spacial score (nSPS) is 12.0. The van der Waals surface area contributed by atoms with Crippen molar-refractivity contribution in [1.82, 2.24) is 0 Å². The molecule has 2 aromatic rings. The Kier molecular flexibility index (Phi) is 5.91. The molecule has 116 valence electrons. The summed E-state index contributed by atoms with van der Waals surface area (Å²) >= 11 is 5.12. The van der Waals surface area contributed by atoms with E-state index >= 15 is 0 Å². The first kappa shape index (κ1) is 16.9. The van der Waals surface area contributed by atoms with Crippen LogP contribution in [0.1, 0.15) is 28.8 Å². The monoisotopic (exact) mass is 380 g/mol. The Morgan fingerprint density at radius 3 is 2.59 bits per heavy atom. The molecule has 1 N–H and O–H groups in total. The van der Waals surface area contributed by atoms with Crippen LogP contribution >= 0.6 is 27.7 Å². The van der Waals surface area contributed by atoms with Crippen LogP contribution in [0.3, 0.4) is 0 Å². The molecule has 2 rings (SSSR count). The van der Waals surface area contributed by atoms with Crippen LogP contribution in [0.2, 0.25) is 0 Å². The average Bonchev–Trinajstić information content (AvgIpc) is 2.54. The molecule has 0 amide bonds. The van der Waals surface area contributed by atoms with E-state index in [2.05, 4.69) is 15.9 Å². The van der Waals surface area contributed by atoms with Gasteiger partial charge in [0.15, 0.2) is 11.5 Å². The fraction of sp³-hybridized carbons (Fsp3) is 0.235. The third kappa shape index (κ3) is 4.05. The van der Waals surface area contributed by atoms with Gasteiger partial charge >= 0.3 is 0 Å². The molecular weight excluding hydrogens is 364 g/mol. The van der Waals surface area contributed by atoms with Crippen LogP contribution in [0.5, 0.6) is 11.5 Å². The molecule has 0 bridgehead atoms. The largest absolute Gasteiger partial charge is 0.504 e. The Morgan fingerprint density at radius 2 is 2.00 bits per heavy atom. The van der Waals surface area contributed by atoms with E-state index in [-0.39, 0.29) is 11.7 Å². The van der Waals surface area contributed by atoms with Crippen molar-refractivity contribution in [2.75, 3.05) is 12.9 Å². The van der Waals surface area contributed by atoms with Crippen LogP contribution in [-0.4, -0.2) is 24.3 Å². The first-order valence-electron chi connectivity index (χ1n) is 6.79. The van der Waals surface area contributed by atoms with E-state index in [1.54, 1.807) is 23.9 Å². The van der Waals surface area contributed by atoms with Crippen molar-refractivity contribution in [2.24, 2.45) is 0 Å². The van der Waals surface area contributed by atoms with Crippen molar-refractivity contribution in [3.63, 3.8) is 0 Å². The summed E-state index contributed by atoms with van der Waals surface area (Å²) < 4.78 is 6.18. The van der Waals surface area contributed by atoms with Gasteiger partial charge in [-0.25, -0.2) is 0 Å². The Morgan fingerprint density at radius 1 is 1.32 bits per heavy atom. The fourth-order valence-electron chi connectivity index (χ4n) is 2.09. The molecule has 0 spiro atoms. The first-order chi connectivity index (χ1) is 10.5. The Bertz CT molecular complexity index is 656. The van der Waals surface area contributed by atoms with Crippen LogP contribution in [0.15, 0.2) is 45.8 Å². The zero-order valence-electron chi connectivity index (χ0n) is 12.4. The van der Waals surface area contributed by atoms with Gasteiger partial charge in [-0.05, 0) is 42.3 Å². The van der Waals surface area contributed by atoms with Gasteiger partial charge in [-0.2, -0.15) is 0 Å². The van der Waals surface area contributed by atoms with Gasteiger partial charge in [0.25, 0.3) is 0 Å². The number of aromatic hydroxyl groups is 1. The van der Waals surface area contributed by atoms with Crippen molar-refractivity contribution >= 4 is 34.0 Å². The van der Waals surface area contributed by atoms with Crippen LogP contribution in [0, 0.1) is 0 Å². The van der Waals surface area contributed by atoms with Gasteiger partial charge in [-0.15, -0.1) is 11.8 Å². The van der Waals surface area contributed by atoms with Gasteiger partial charge in [0.1, 0.15) is 6.29 Å². The number of benzene rings is 2. The lowest BCUT2D eigenvalue weighted by atomic mass is 9.99. The number of hydrogen-bond donors (Lipinski definition) is 1. The van der Waals surface area contributed by atoms with Crippen molar-refractivity contribution in [1.29, 1.82) is 0 Å². The number of methoxy groups -OCH3 is 1. The number of carbonyl (C=O) groups is 1. The highest BCUT2D eigenvalue weighted by Crippen LogP contribution is 2.37. The van der Waals surface area contributed by atoms with Gasteiger partial charge in [0, 0.05) is 26.2 Å². The van der Waals surface area contributed by atoms with Crippen molar-refractivity contribution in [3.8, 4) is 11.5 Å². The highest BCUT2D eigenvalue weighted by Gasteiger charge is 2.16. The standard InChI is InChI=1S/C17H17BrO3S/c1-11(10-22-14-5-3-13(18)4-6-14)15-7-12(9-19)8-16(21-2)17(15)20/h3-9,11,20H,10H2,1-2H3. The Balaban J connectivity index is 2.16. The molecule has 0 aromatic heterocycles. The number of phenolic OH excluding ortho intramolecular Hbond substituents is 1. The van der Waals surface area contributed by atoms with E-state index < -0.39 is 0 Å². The number of carbonyl (C=O) groups excluding carboxylic acids is 1. The number of hydrogen-bond acceptors (Lipinski definition) is 4. The van der Waals surface area contributed by atoms with E-state index in [9.17, 15) is 9.90 Å². The van der Waals surface area contributed by atoms with Crippen LogP contribution in [0.25, 0.3) is 0 Å². The van der Waals surface area contributed by atoms with E-state index in [0.717, 1.165) is 27.0 Å². The first-order valence-corrected chi connectivity index (χ1v) is 8.57. The highest BCUT2D eigenvalue weighted by molar-refractivity contribution is 9.10. The molecule has 3 nitrogen and oxygen atoms in total. The summed E-state index contributed by atoms with van der Waals surface area (Å²) in [6.07, 6.45) is 0.764. The van der Waals surface area contributed by atoms with E-state index in [0.29, 0.717) is 11.3 Å². The summed E-state index contributed by atoms with van der Waals surface area (Å²) in [6.45, 7) is 2.02. The van der Waals surface area contributed by atoms with Crippen molar-refractivity contribution in [2.45, 2.75) is 17.7 Å². The summed E-state index contributed by atoms with van der Waals surface area (Å²) in [4.78, 5) is 12.2. The predicted octanol–water partition coefficient (Wildman–Crippen LogP) is 4.87. The van der Waals surface area contributed by atoms with Gasteiger partial charge in [0.2, 0.25) is 0 Å². The van der Waals surface area contributed by atoms with Crippen LogP contribution in [0.4, 0.5) is 0 Å². The molecule has 0 aliphatic carbocycles. The minimum absolute atomic E-state index is 0.0856. The highest BCUT2D eigenvalue weighted by atomic mass is 79.9. The minimum atomic E-state index is 0.0856.